The highest BCUT2D eigenvalue weighted by Gasteiger charge is 2.36. The molecule has 3 rings (SSSR count). The van der Waals surface area contributed by atoms with E-state index >= 15 is 0 Å². The predicted molar refractivity (Wildman–Crippen MR) is 81.6 cm³/mol. The van der Waals surface area contributed by atoms with Crippen LogP contribution in [0.15, 0.2) is 0 Å². The van der Waals surface area contributed by atoms with Crippen molar-refractivity contribution in [2.24, 2.45) is 11.3 Å². The lowest BCUT2D eigenvalue weighted by Crippen LogP contribution is -2.44. The van der Waals surface area contributed by atoms with Crippen LogP contribution < -0.4 is 10.6 Å². The molecule has 2 N–H and O–H groups in total. The van der Waals surface area contributed by atoms with E-state index in [-0.39, 0.29) is 0 Å². The van der Waals surface area contributed by atoms with E-state index in [1.54, 1.807) is 0 Å². The fourth-order valence-electron chi connectivity index (χ4n) is 4.26. The van der Waals surface area contributed by atoms with Crippen LogP contribution >= 0.6 is 0 Å². The molecule has 0 aromatic rings. The number of rotatable bonds is 3. The first-order chi connectivity index (χ1) is 9.57. The lowest BCUT2D eigenvalue weighted by molar-refractivity contribution is 0.115. The maximum absolute atomic E-state index is 11.5. The first-order valence-electron chi connectivity index (χ1n) is 8.22. The van der Waals surface area contributed by atoms with Crippen molar-refractivity contribution in [1.29, 1.82) is 0 Å². The van der Waals surface area contributed by atoms with Gasteiger partial charge in [0.1, 0.15) is 0 Å². The standard InChI is InChI=1S/C15H28N2O2S/c18-20(19)10-3-13(12-20)11-17-14-1-4-15(5-2-14)6-8-16-9-7-15/h13-14,16-17H,1-12H2/t13-/m1/s1. The molecule has 2 saturated heterocycles. The topological polar surface area (TPSA) is 58.2 Å². The van der Waals surface area contributed by atoms with Crippen LogP contribution in [0.4, 0.5) is 0 Å². The number of hydrogen-bond acceptors (Lipinski definition) is 4. The third kappa shape index (κ3) is 3.55. The van der Waals surface area contributed by atoms with Crippen molar-refractivity contribution >= 4 is 9.84 Å². The molecule has 116 valence electrons. The van der Waals surface area contributed by atoms with Crippen LogP contribution in [-0.2, 0) is 9.84 Å². The summed E-state index contributed by atoms with van der Waals surface area (Å²) in [7, 11) is -2.72. The highest BCUT2D eigenvalue weighted by Crippen LogP contribution is 2.43. The molecular weight excluding hydrogens is 272 g/mol. The highest BCUT2D eigenvalue weighted by atomic mass is 32.2. The Hall–Kier alpha value is -0.130. The van der Waals surface area contributed by atoms with E-state index < -0.39 is 9.84 Å². The molecule has 0 unspecified atom stereocenters. The predicted octanol–water partition coefficient (Wildman–Crippen LogP) is 1.32. The van der Waals surface area contributed by atoms with Crippen molar-refractivity contribution in [2.75, 3.05) is 31.1 Å². The lowest BCUT2D eigenvalue weighted by Gasteiger charge is -2.43. The van der Waals surface area contributed by atoms with Gasteiger partial charge >= 0.3 is 0 Å². The van der Waals surface area contributed by atoms with E-state index in [0.29, 0.717) is 28.9 Å². The molecule has 1 spiro atoms. The Balaban J connectivity index is 1.40. The van der Waals surface area contributed by atoms with Gasteiger partial charge in [0.2, 0.25) is 0 Å². The fraction of sp³-hybridized carbons (Fsp3) is 1.00. The summed E-state index contributed by atoms with van der Waals surface area (Å²) in [4.78, 5) is 0. The Morgan fingerprint density at radius 1 is 1.05 bits per heavy atom. The van der Waals surface area contributed by atoms with E-state index in [4.69, 9.17) is 0 Å². The van der Waals surface area contributed by atoms with Crippen LogP contribution in [0, 0.1) is 11.3 Å². The lowest BCUT2D eigenvalue weighted by atomic mass is 9.67. The molecule has 3 aliphatic rings. The van der Waals surface area contributed by atoms with Gasteiger partial charge in [-0.3, -0.25) is 0 Å². The average Bonchev–Trinajstić information content (AvgIpc) is 2.79. The summed E-state index contributed by atoms with van der Waals surface area (Å²) in [6.07, 6.45) is 8.82. The minimum absolute atomic E-state index is 0.356. The molecule has 1 aliphatic carbocycles. The zero-order chi connectivity index (χ0) is 14.1. The molecule has 2 heterocycles. The Bertz CT molecular complexity index is 419. The van der Waals surface area contributed by atoms with Crippen LogP contribution in [0.2, 0.25) is 0 Å². The molecule has 0 bridgehead atoms. The maximum atomic E-state index is 11.5. The van der Waals surface area contributed by atoms with Crippen molar-refractivity contribution in [3.8, 4) is 0 Å². The Kier molecular flexibility index (Phi) is 4.39. The first kappa shape index (κ1) is 14.8. The molecule has 0 aromatic heterocycles. The first-order valence-corrected chi connectivity index (χ1v) is 10.0. The van der Waals surface area contributed by atoms with Gasteiger partial charge in [-0.25, -0.2) is 8.42 Å². The Morgan fingerprint density at radius 2 is 1.75 bits per heavy atom. The summed E-state index contributed by atoms with van der Waals surface area (Å²) < 4.78 is 22.9. The van der Waals surface area contributed by atoms with Crippen LogP contribution in [0.3, 0.4) is 0 Å². The van der Waals surface area contributed by atoms with Gasteiger partial charge in [-0.15, -0.1) is 0 Å². The van der Waals surface area contributed by atoms with Crippen molar-refractivity contribution in [3.63, 3.8) is 0 Å². The summed E-state index contributed by atoms with van der Waals surface area (Å²) in [6.45, 7) is 3.29. The summed E-state index contributed by atoms with van der Waals surface area (Å²) in [5.74, 6) is 1.16. The van der Waals surface area contributed by atoms with Crippen LogP contribution in [0.5, 0.6) is 0 Å². The molecular formula is C15H28N2O2S. The quantitative estimate of drug-likeness (QED) is 0.825. The van der Waals surface area contributed by atoms with Crippen molar-refractivity contribution in [3.05, 3.63) is 0 Å². The minimum Gasteiger partial charge on any atom is -0.317 e. The number of piperidine rings is 1. The largest absolute Gasteiger partial charge is 0.317 e. The molecule has 3 fully saturated rings. The second-order valence-corrected chi connectivity index (χ2v) is 9.43. The molecule has 5 heteroatoms. The third-order valence-electron chi connectivity index (χ3n) is 5.73. The second kappa shape index (κ2) is 5.93. The van der Waals surface area contributed by atoms with Crippen LogP contribution in [-0.4, -0.2) is 45.6 Å². The van der Waals surface area contributed by atoms with E-state index in [1.807, 2.05) is 0 Å². The van der Waals surface area contributed by atoms with Crippen molar-refractivity contribution in [2.45, 2.75) is 51.0 Å². The number of hydrogen-bond donors (Lipinski definition) is 2. The summed E-state index contributed by atoms with van der Waals surface area (Å²) in [5.41, 5.74) is 0.625. The Morgan fingerprint density at radius 3 is 2.35 bits per heavy atom. The van der Waals surface area contributed by atoms with Gasteiger partial charge in [0.05, 0.1) is 11.5 Å². The van der Waals surface area contributed by atoms with Gasteiger partial charge in [-0.05, 0) is 75.9 Å². The van der Waals surface area contributed by atoms with Crippen LogP contribution in [0.25, 0.3) is 0 Å². The van der Waals surface area contributed by atoms with Gasteiger partial charge in [-0.2, -0.15) is 0 Å². The fourth-order valence-corrected chi connectivity index (χ4v) is 6.12. The third-order valence-corrected chi connectivity index (χ3v) is 7.57. The minimum atomic E-state index is -2.72. The van der Waals surface area contributed by atoms with Crippen molar-refractivity contribution < 1.29 is 8.42 Å². The van der Waals surface area contributed by atoms with Gasteiger partial charge in [-0.1, -0.05) is 0 Å². The molecule has 20 heavy (non-hydrogen) atoms. The van der Waals surface area contributed by atoms with Crippen LogP contribution in [0.1, 0.15) is 44.9 Å². The molecule has 0 amide bonds. The molecule has 0 radical (unpaired) electrons. The molecule has 2 aliphatic heterocycles. The smallest absolute Gasteiger partial charge is 0.150 e. The Labute approximate surface area is 123 Å². The number of sulfone groups is 1. The molecule has 0 aromatic carbocycles. The van der Waals surface area contributed by atoms with Gasteiger partial charge < -0.3 is 10.6 Å². The van der Waals surface area contributed by atoms with E-state index in [1.165, 1.54) is 51.6 Å². The molecule has 1 atom stereocenters. The monoisotopic (exact) mass is 300 g/mol. The second-order valence-electron chi connectivity index (χ2n) is 7.20. The summed E-state index contributed by atoms with van der Waals surface area (Å²) >= 11 is 0. The molecule has 4 nitrogen and oxygen atoms in total. The van der Waals surface area contributed by atoms with E-state index in [2.05, 4.69) is 10.6 Å². The van der Waals surface area contributed by atoms with Gasteiger partial charge in [0.25, 0.3) is 0 Å². The molecule has 1 saturated carbocycles. The zero-order valence-electron chi connectivity index (χ0n) is 12.4. The average molecular weight is 300 g/mol. The van der Waals surface area contributed by atoms with Gasteiger partial charge in [0.15, 0.2) is 9.84 Å². The summed E-state index contributed by atoms with van der Waals surface area (Å²) in [6, 6.07) is 0.624. The zero-order valence-corrected chi connectivity index (χ0v) is 13.2. The maximum Gasteiger partial charge on any atom is 0.150 e. The van der Waals surface area contributed by atoms with E-state index in [0.717, 1.165) is 13.0 Å². The SMILES string of the molecule is O=S1(=O)CC[C@H](CNC2CCC3(CCNCC3)CC2)C1. The number of nitrogens with one attached hydrogen (secondary N) is 2. The van der Waals surface area contributed by atoms with Gasteiger partial charge in [0, 0.05) is 6.04 Å². The highest BCUT2D eigenvalue weighted by molar-refractivity contribution is 7.91. The summed E-state index contributed by atoms with van der Waals surface area (Å²) in [5, 5.41) is 7.11. The van der Waals surface area contributed by atoms with E-state index in [9.17, 15) is 8.42 Å². The van der Waals surface area contributed by atoms with Crippen molar-refractivity contribution in [1.82, 2.24) is 10.6 Å². The normalized spacial score (nSPS) is 33.5.